The van der Waals surface area contributed by atoms with E-state index in [1.54, 1.807) is 0 Å². The molecule has 0 amide bonds. The van der Waals surface area contributed by atoms with E-state index < -0.39 is 29.7 Å². The summed E-state index contributed by atoms with van der Waals surface area (Å²) in [5.74, 6) is 0.197. The van der Waals surface area contributed by atoms with E-state index in [0.29, 0.717) is 0 Å². The molecule has 0 aliphatic heterocycles. The van der Waals surface area contributed by atoms with Crippen LogP contribution in [0.1, 0.15) is 0 Å². The van der Waals surface area contributed by atoms with Gasteiger partial charge in [0.2, 0.25) is 19.9 Å². The van der Waals surface area contributed by atoms with Crippen LogP contribution in [0.5, 0.6) is 5.75 Å². The number of hydrogen-bond donors (Lipinski definition) is 2. The largest absolute Gasteiger partial charge is 0.495 e. The summed E-state index contributed by atoms with van der Waals surface area (Å²) in [6.45, 7) is 0. The number of anilines is 1. The Morgan fingerprint density at radius 1 is 0.957 bits per heavy atom. The fourth-order valence-corrected chi connectivity index (χ4v) is 5.03. The summed E-state index contributed by atoms with van der Waals surface area (Å²) >= 11 is 5.96. The molecule has 0 atom stereocenters. The molecule has 0 bridgehead atoms. The number of nitrogens with two attached hydrogens (primary N) is 2. The predicted octanol–water partition coefficient (Wildman–Crippen LogP) is 1.41. The molecule has 0 spiro atoms. The number of methoxy groups -OCH3 is 1. The molecule has 124 valence electrons. The lowest BCUT2D eigenvalue weighted by atomic mass is 10.3. The molecule has 7 nitrogen and oxygen atoms in total. The predicted molar refractivity (Wildman–Crippen MR) is 85.7 cm³/mol. The summed E-state index contributed by atoms with van der Waals surface area (Å²) in [5, 5.41) is 4.99. The third-order valence-electron chi connectivity index (χ3n) is 3.06. The quantitative estimate of drug-likeness (QED) is 0.776. The van der Waals surface area contributed by atoms with Gasteiger partial charge in [-0.05, 0) is 24.3 Å². The lowest BCUT2D eigenvalue weighted by Crippen LogP contribution is -2.17. The van der Waals surface area contributed by atoms with Gasteiger partial charge in [-0.25, -0.2) is 22.0 Å². The van der Waals surface area contributed by atoms with E-state index in [4.69, 9.17) is 27.2 Å². The normalized spacial score (nSPS) is 12.1. The monoisotopic (exact) mass is 376 g/mol. The standard InChI is InChI=1S/C13H13ClN2O5S2/c1-21-8-6-7-11(13(15)12(8)14)22(17,18)9-4-2-3-5-10(9)23(16,19)20/h2-7H,15H2,1H3,(H2,16,19,20). The molecule has 2 aromatic rings. The smallest absolute Gasteiger partial charge is 0.239 e. The molecule has 0 fully saturated rings. The highest BCUT2D eigenvalue weighted by Gasteiger charge is 2.28. The van der Waals surface area contributed by atoms with Crippen LogP contribution in [0.4, 0.5) is 5.69 Å². The average Bonchev–Trinajstić information content (AvgIpc) is 2.49. The summed E-state index contributed by atoms with van der Waals surface area (Å²) in [4.78, 5) is -1.33. The topological polar surface area (TPSA) is 130 Å². The third kappa shape index (κ3) is 3.13. The molecule has 0 aliphatic rings. The van der Waals surface area contributed by atoms with Crippen LogP contribution < -0.4 is 15.6 Å². The van der Waals surface area contributed by atoms with Crippen LogP contribution in [0.2, 0.25) is 5.02 Å². The van der Waals surface area contributed by atoms with Gasteiger partial charge < -0.3 is 10.5 Å². The first-order valence-corrected chi connectivity index (χ1v) is 9.50. The molecule has 0 aliphatic carbocycles. The Balaban J connectivity index is 2.78. The van der Waals surface area contributed by atoms with Crippen LogP contribution in [0, 0.1) is 0 Å². The minimum Gasteiger partial charge on any atom is -0.495 e. The van der Waals surface area contributed by atoms with Gasteiger partial charge in [-0.3, -0.25) is 0 Å². The summed E-state index contributed by atoms with van der Waals surface area (Å²) in [5.41, 5.74) is 5.53. The lowest BCUT2D eigenvalue weighted by Gasteiger charge is -2.13. The van der Waals surface area contributed by atoms with E-state index in [1.807, 2.05) is 0 Å². The van der Waals surface area contributed by atoms with Gasteiger partial charge >= 0.3 is 0 Å². The zero-order chi connectivity index (χ0) is 17.4. The average molecular weight is 377 g/mol. The fourth-order valence-electron chi connectivity index (χ4n) is 1.97. The van der Waals surface area contributed by atoms with Crippen molar-refractivity contribution in [3.8, 4) is 5.75 Å². The van der Waals surface area contributed by atoms with Gasteiger partial charge in [0, 0.05) is 0 Å². The van der Waals surface area contributed by atoms with E-state index in [0.717, 1.165) is 12.1 Å². The first kappa shape index (κ1) is 17.5. The Kier molecular flexibility index (Phi) is 4.58. The molecular weight excluding hydrogens is 364 g/mol. The first-order valence-electron chi connectivity index (χ1n) is 6.09. The fraction of sp³-hybridized carbons (Fsp3) is 0.0769. The van der Waals surface area contributed by atoms with Crippen molar-refractivity contribution in [1.29, 1.82) is 0 Å². The Hall–Kier alpha value is -1.81. The molecule has 0 aromatic heterocycles. The maximum absolute atomic E-state index is 12.8. The molecule has 4 N–H and O–H groups in total. The van der Waals surface area contributed by atoms with Gasteiger partial charge in [0.15, 0.2) is 0 Å². The molecule has 0 radical (unpaired) electrons. The summed E-state index contributed by atoms with van der Waals surface area (Å²) < 4.78 is 53.7. The van der Waals surface area contributed by atoms with Gasteiger partial charge in [-0.2, -0.15) is 0 Å². The van der Waals surface area contributed by atoms with Crippen LogP contribution >= 0.6 is 11.6 Å². The highest BCUT2D eigenvalue weighted by Crippen LogP contribution is 2.38. The Bertz CT molecular complexity index is 972. The Morgan fingerprint density at radius 3 is 2.04 bits per heavy atom. The highest BCUT2D eigenvalue weighted by atomic mass is 35.5. The molecule has 10 heteroatoms. The van der Waals surface area contributed by atoms with Crippen molar-refractivity contribution < 1.29 is 21.6 Å². The Morgan fingerprint density at radius 2 is 1.52 bits per heavy atom. The molecule has 0 heterocycles. The zero-order valence-corrected chi connectivity index (χ0v) is 14.2. The SMILES string of the molecule is COc1ccc(S(=O)(=O)c2ccccc2S(N)(=O)=O)c(N)c1Cl. The van der Waals surface area contributed by atoms with E-state index in [2.05, 4.69) is 0 Å². The maximum atomic E-state index is 12.8. The lowest BCUT2D eigenvalue weighted by molar-refractivity contribution is 0.415. The van der Waals surface area contributed by atoms with Crippen molar-refractivity contribution in [2.45, 2.75) is 14.7 Å². The van der Waals surface area contributed by atoms with Gasteiger partial charge in [0.25, 0.3) is 0 Å². The van der Waals surface area contributed by atoms with Gasteiger partial charge in [-0.1, -0.05) is 23.7 Å². The minimum atomic E-state index is -4.26. The van der Waals surface area contributed by atoms with Crippen molar-refractivity contribution in [1.82, 2.24) is 0 Å². The van der Waals surface area contributed by atoms with Crippen LogP contribution in [0.25, 0.3) is 0 Å². The molecule has 0 saturated heterocycles. The number of ether oxygens (including phenoxy) is 1. The van der Waals surface area contributed by atoms with E-state index >= 15 is 0 Å². The zero-order valence-electron chi connectivity index (χ0n) is 11.9. The molecule has 0 unspecified atom stereocenters. The van der Waals surface area contributed by atoms with E-state index in [1.165, 1.54) is 31.4 Å². The summed E-state index contributed by atoms with van der Waals surface area (Å²) in [6.07, 6.45) is 0. The number of nitrogen functional groups attached to an aromatic ring is 1. The second-order valence-electron chi connectivity index (χ2n) is 4.49. The minimum absolute atomic E-state index is 0.0818. The van der Waals surface area contributed by atoms with E-state index in [-0.39, 0.29) is 21.4 Å². The molecule has 2 aromatic carbocycles. The van der Waals surface area contributed by atoms with Gasteiger partial charge in [-0.15, -0.1) is 0 Å². The van der Waals surface area contributed by atoms with Crippen LogP contribution in [0.15, 0.2) is 51.1 Å². The van der Waals surface area contributed by atoms with Crippen molar-refractivity contribution >= 4 is 37.1 Å². The second-order valence-corrected chi connectivity index (χ2v) is 8.28. The number of rotatable bonds is 4. The molecule has 23 heavy (non-hydrogen) atoms. The molecule has 2 rings (SSSR count). The van der Waals surface area contributed by atoms with Crippen molar-refractivity contribution in [3.63, 3.8) is 0 Å². The first-order chi connectivity index (χ1) is 10.6. The van der Waals surface area contributed by atoms with Crippen LogP contribution in [-0.2, 0) is 19.9 Å². The summed E-state index contributed by atoms with van der Waals surface area (Å²) in [7, 11) is -7.14. The molecule has 0 saturated carbocycles. The maximum Gasteiger partial charge on any atom is 0.239 e. The summed E-state index contributed by atoms with van der Waals surface area (Å²) in [6, 6.07) is 7.49. The number of halogens is 1. The third-order valence-corrected chi connectivity index (χ3v) is 6.42. The van der Waals surface area contributed by atoms with Crippen LogP contribution in [0.3, 0.4) is 0 Å². The number of primary sulfonamides is 1. The highest BCUT2D eigenvalue weighted by molar-refractivity contribution is 7.93. The number of benzene rings is 2. The van der Waals surface area contributed by atoms with Crippen molar-refractivity contribution in [2.24, 2.45) is 5.14 Å². The molecular formula is C13H13ClN2O5S2. The number of sulfonamides is 1. The number of sulfone groups is 1. The Labute approximate surface area is 138 Å². The van der Waals surface area contributed by atoms with Crippen molar-refractivity contribution in [3.05, 3.63) is 41.4 Å². The van der Waals surface area contributed by atoms with E-state index in [9.17, 15) is 16.8 Å². The number of hydrogen-bond acceptors (Lipinski definition) is 6. The van der Waals surface area contributed by atoms with Gasteiger partial charge in [0.05, 0.1) is 22.6 Å². The van der Waals surface area contributed by atoms with Crippen LogP contribution in [-0.4, -0.2) is 23.9 Å². The second kappa shape index (κ2) is 6.00. The van der Waals surface area contributed by atoms with Gasteiger partial charge in [0.1, 0.15) is 15.7 Å². The van der Waals surface area contributed by atoms with Crippen molar-refractivity contribution in [2.75, 3.05) is 12.8 Å².